The Hall–Kier alpha value is -2.09. The Morgan fingerprint density at radius 3 is 2.08 bits per heavy atom. The van der Waals surface area contributed by atoms with Crippen LogP contribution in [0, 0.1) is 11.3 Å². The Bertz CT molecular complexity index is 262. The molecule has 13 heavy (non-hydrogen) atoms. The maximum Gasteiger partial charge on any atom is 0.345 e. The van der Waals surface area contributed by atoms with Crippen LogP contribution in [-0.2, 0) is 14.3 Å². The number of rotatable bonds is 2. The molecular formula is C8H9NO4. The van der Waals surface area contributed by atoms with Crippen LogP contribution in [0.1, 0.15) is 0 Å². The molecule has 0 unspecified atom stereocenters. The molecule has 0 radical (unpaired) electrons. The molecule has 0 aliphatic heterocycles. The Morgan fingerprint density at radius 2 is 2.08 bits per heavy atom. The minimum absolute atomic E-state index is 0.394. The van der Waals surface area contributed by atoms with E-state index < -0.39 is 17.5 Å². The van der Waals surface area contributed by atoms with Gasteiger partial charge in [-0.2, -0.15) is 5.26 Å². The molecule has 0 saturated carbocycles. The van der Waals surface area contributed by atoms with Gasteiger partial charge in [0.25, 0.3) is 0 Å². The summed E-state index contributed by atoms with van der Waals surface area (Å²) in [5, 5.41) is 15.6. The highest BCUT2D eigenvalue weighted by Gasteiger charge is 1.97. The molecule has 70 valence electrons. The molecule has 5 heteroatoms. The quantitative estimate of drug-likeness (QED) is 0.382. The first-order chi connectivity index (χ1) is 5.99. The lowest BCUT2D eigenvalue weighted by atomic mass is 10.4. The summed E-state index contributed by atoms with van der Waals surface area (Å²) in [6, 6.07) is 1.37. The van der Waals surface area contributed by atoms with Gasteiger partial charge >= 0.3 is 11.9 Å². The normalized spacial score (nSPS) is 6.77. The van der Waals surface area contributed by atoms with Crippen molar-refractivity contribution in [1.82, 2.24) is 0 Å². The smallest absolute Gasteiger partial charge is 0.345 e. The second kappa shape index (κ2) is 8.01. The number of nitriles is 1. The van der Waals surface area contributed by atoms with Crippen LogP contribution >= 0.6 is 0 Å². The Labute approximate surface area is 75.5 Å². The van der Waals surface area contributed by atoms with Crippen molar-refractivity contribution in [2.45, 2.75) is 0 Å². The van der Waals surface area contributed by atoms with Crippen molar-refractivity contribution in [2.75, 3.05) is 7.11 Å². The highest BCUT2D eigenvalue weighted by Crippen LogP contribution is 1.81. The maximum absolute atomic E-state index is 9.84. The SMILES string of the molecule is C=C(C#N)C(=O)O.C=CC(=O)OC. The molecule has 0 saturated heterocycles. The number of carbonyl (C=O) groups is 2. The summed E-state index contributed by atoms with van der Waals surface area (Å²) in [5.74, 6) is -1.66. The van der Waals surface area contributed by atoms with E-state index in [1.54, 1.807) is 0 Å². The van der Waals surface area contributed by atoms with Crippen LogP contribution in [0.2, 0.25) is 0 Å². The van der Waals surface area contributed by atoms with Gasteiger partial charge in [0.2, 0.25) is 0 Å². The Morgan fingerprint density at radius 1 is 1.62 bits per heavy atom. The van der Waals surface area contributed by atoms with Crippen LogP contribution in [0.4, 0.5) is 0 Å². The van der Waals surface area contributed by atoms with E-state index in [0.717, 1.165) is 6.08 Å². The van der Waals surface area contributed by atoms with Crippen molar-refractivity contribution in [2.24, 2.45) is 0 Å². The van der Waals surface area contributed by atoms with Crippen LogP contribution in [0.15, 0.2) is 24.8 Å². The molecule has 0 heterocycles. The van der Waals surface area contributed by atoms with E-state index in [-0.39, 0.29) is 0 Å². The van der Waals surface area contributed by atoms with E-state index >= 15 is 0 Å². The number of hydrogen-bond donors (Lipinski definition) is 1. The molecule has 1 N–H and O–H groups in total. The molecule has 0 aliphatic carbocycles. The van der Waals surface area contributed by atoms with Gasteiger partial charge in [0.05, 0.1) is 7.11 Å². The van der Waals surface area contributed by atoms with Gasteiger partial charge in [-0.25, -0.2) is 9.59 Å². The van der Waals surface area contributed by atoms with Crippen molar-refractivity contribution in [3.63, 3.8) is 0 Å². The van der Waals surface area contributed by atoms with Crippen molar-refractivity contribution < 1.29 is 19.4 Å². The standard InChI is InChI=1S/C4H3NO2.C4H6O2/c1-3(2-5)4(6)7;1-3-4(5)6-2/h1H2,(H,6,7);3H,1H2,2H3. The molecule has 0 fully saturated rings. The minimum atomic E-state index is -1.26. The minimum Gasteiger partial charge on any atom is -0.477 e. The van der Waals surface area contributed by atoms with Crippen LogP contribution < -0.4 is 0 Å². The van der Waals surface area contributed by atoms with E-state index in [1.807, 2.05) is 0 Å². The van der Waals surface area contributed by atoms with E-state index in [1.165, 1.54) is 13.2 Å². The predicted molar refractivity (Wildman–Crippen MR) is 44.6 cm³/mol. The average Bonchev–Trinajstić information content (AvgIpc) is 2.16. The first-order valence-corrected chi connectivity index (χ1v) is 3.02. The number of carboxylic acids is 1. The van der Waals surface area contributed by atoms with Crippen molar-refractivity contribution in [3.8, 4) is 6.07 Å². The van der Waals surface area contributed by atoms with E-state index in [0.29, 0.717) is 0 Å². The number of aliphatic carboxylic acids is 1. The summed E-state index contributed by atoms with van der Waals surface area (Å²) < 4.78 is 4.14. The molecule has 0 aromatic rings. The third-order valence-corrected chi connectivity index (χ3v) is 0.761. The topological polar surface area (TPSA) is 87.4 Å². The molecule has 0 aliphatic rings. The highest BCUT2D eigenvalue weighted by molar-refractivity contribution is 5.90. The molecule has 0 rings (SSSR count). The molecule has 0 atom stereocenters. The maximum atomic E-state index is 9.84. The average molecular weight is 183 g/mol. The van der Waals surface area contributed by atoms with E-state index in [9.17, 15) is 9.59 Å². The lowest BCUT2D eigenvalue weighted by Gasteiger charge is -1.83. The number of esters is 1. The zero-order valence-corrected chi connectivity index (χ0v) is 7.11. The number of ether oxygens (including phenoxy) is 1. The highest BCUT2D eigenvalue weighted by atomic mass is 16.5. The zero-order valence-electron chi connectivity index (χ0n) is 7.11. The number of carboxylic acid groups (broad SMARTS) is 1. The fourth-order valence-electron chi connectivity index (χ4n) is 0.131. The van der Waals surface area contributed by atoms with Crippen LogP contribution in [-0.4, -0.2) is 24.2 Å². The lowest BCUT2D eigenvalue weighted by molar-refractivity contribution is -0.135. The van der Waals surface area contributed by atoms with Gasteiger partial charge in [-0.05, 0) is 0 Å². The third kappa shape index (κ3) is 9.91. The van der Waals surface area contributed by atoms with E-state index in [2.05, 4.69) is 17.9 Å². The summed E-state index contributed by atoms with van der Waals surface area (Å²) in [7, 11) is 1.31. The van der Waals surface area contributed by atoms with Crippen molar-refractivity contribution in [1.29, 1.82) is 5.26 Å². The molecular weight excluding hydrogens is 174 g/mol. The first kappa shape index (κ1) is 13.5. The molecule has 0 aromatic carbocycles. The van der Waals surface area contributed by atoms with E-state index in [4.69, 9.17) is 10.4 Å². The predicted octanol–water partition coefficient (Wildman–Crippen LogP) is 0.496. The summed E-state index contributed by atoms with van der Waals surface area (Å²) in [6.45, 7) is 6.07. The summed E-state index contributed by atoms with van der Waals surface area (Å²) in [4.78, 5) is 19.4. The van der Waals surface area contributed by atoms with Crippen LogP contribution in [0.3, 0.4) is 0 Å². The third-order valence-electron chi connectivity index (χ3n) is 0.761. The van der Waals surface area contributed by atoms with Gasteiger partial charge in [-0.1, -0.05) is 13.2 Å². The van der Waals surface area contributed by atoms with Gasteiger partial charge in [-0.3, -0.25) is 0 Å². The molecule has 0 amide bonds. The second-order valence-corrected chi connectivity index (χ2v) is 1.62. The number of methoxy groups -OCH3 is 1. The number of hydrogen-bond acceptors (Lipinski definition) is 4. The fraction of sp³-hybridized carbons (Fsp3) is 0.125. The molecule has 0 bridgehead atoms. The van der Waals surface area contributed by atoms with Crippen LogP contribution in [0.5, 0.6) is 0 Å². The Balaban J connectivity index is 0. The summed E-state index contributed by atoms with van der Waals surface area (Å²) in [5.41, 5.74) is -0.431. The molecule has 0 aromatic heterocycles. The lowest BCUT2D eigenvalue weighted by Crippen LogP contribution is -1.94. The largest absolute Gasteiger partial charge is 0.477 e. The monoisotopic (exact) mass is 183 g/mol. The van der Waals surface area contributed by atoms with Gasteiger partial charge < -0.3 is 9.84 Å². The van der Waals surface area contributed by atoms with Gasteiger partial charge in [0, 0.05) is 6.08 Å². The van der Waals surface area contributed by atoms with Gasteiger partial charge in [0.1, 0.15) is 11.6 Å². The number of nitrogens with zero attached hydrogens (tertiary/aromatic N) is 1. The van der Waals surface area contributed by atoms with Crippen molar-refractivity contribution in [3.05, 3.63) is 24.8 Å². The van der Waals surface area contributed by atoms with Gasteiger partial charge in [-0.15, -0.1) is 0 Å². The molecule has 5 nitrogen and oxygen atoms in total. The second-order valence-electron chi connectivity index (χ2n) is 1.62. The summed E-state index contributed by atoms with van der Waals surface area (Å²) in [6.07, 6.45) is 1.11. The summed E-state index contributed by atoms with van der Waals surface area (Å²) >= 11 is 0. The first-order valence-electron chi connectivity index (χ1n) is 3.02. The fourth-order valence-corrected chi connectivity index (χ4v) is 0.131. The molecule has 0 spiro atoms. The number of carbonyl (C=O) groups excluding carboxylic acids is 1. The Kier molecular flexibility index (Phi) is 8.32. The van der Waals surface area contributed by atoms with Crippen LogP contribution in [0.25, 0.3) is 0 Å². The zero-order chi connectivity index (χ0) is 10.9. The van der Waals surface area contributed by atoms with Crippen molar-refractivity contribution >= 4 is 11.9 Å². The van der Waals surface area contributed by atoms with Gasteiger partial charge in [0.15, 0.2) is 0 Å².